The molecule has 1 amide bonds. The zero-order valence-corrected chi connectivity index (χ0v) is 15.7. The standard InChI is InChI=1S/C21H23N3O4/c1-2-8-23-9-3-4-16(23)21(25)24-10-7-17-15(12-24)20(22-28-17)14-5-6-18-19(11-14)27-13-26-18/h2,5-6,11,16H,1,3-4,7-10,12-13H2/t16-/m1/s1. The van der Waals surface area contributed by atoms with Crippen LogP contribution in [0.1, 0.15) is 24.2 Å². The van der Waals surface area contributed by atoms with Crippen LogP contribution < -0.4 is 9.47 Å². The number of rotatable bonds is 4. The molecule has 5 rings (SSSR count). The Morgan fingerprint density at radius 3 is 3.07 bits per heavy atom. The van der Waals surface area contributed by atoms with Crippen LogP contribution in [0.3, 0.4) is 0 Å². The van der Waals surface area contributed by atoms with Gasteiger partial charge in [-0.3, -0.25) is 9.69 Å². The Morgan fingerprint density at radius 2 is 2.18 bits per heavy atom. The van der Waals surface area contributed by atoms with E-state index in [0.717, 1.165) is 54.3 Å². The molecule has 0 saturated carbocycles. The van der Waals surface area contributed by atoms with Gasteiger partial charge in [0.15, 0.2) is 11.5 Å². The highest BCUT2D eigenvalue weighted by atomic mass is 16.7. The molecule has 0 aliphatic carbocycles. The highest BCUT2D eigenvalue weighted by molar-refractivity contribution is 5.83. The first-order valence-electron chi connectivity index (χ1n) is 9.76. The number of hydrogen-bond donors (Lipinski definition) is 0. The molecule has 0 unspecified atom stereocenters. The van der Waals surface area contributed by atoms with Gasteiger partial charge in [0.1, 0.15) is 11.5 Å². The predicted molar refractivity (Wildman–Crippen MR) is 102 cm³/mol. The summed E-state index contributed by atoms with van der Waals surface area (Å²) in [5, 5.41) is 4.30. The van der Waals surface area contributed by atoms with Crippen LogP contribution in [0.25, 0.3) is 11.3 Å². The first kappa shape index (κ1) is 17.3. The van der Waals surface area contributed by atoms with E-state index in [1.807, 2.05) is 29.2 Å². The van der Waals surface area contributed by atoms with Crippen molar-refractivity contribution in [3.63, 3.8) is 0 Å². The minimum absolute atomic E-state index is 0.0478. The summed E-state index contributed by atoms with van der Waals surface area (Å²) < 4.78 is 16.5. The smallest absolute Gasteiger partial charge is 0.240 e. The first-order chi connectivity index (χ1) is 13.7. The molecule has 146 valence electrons. The Bertz CT molecular complexity index is 922. The van der Waals surface area contributed by atoms with E-state index in [4.69, 9.17) is 14.0 Å². The average Bonchev–Trinajstić information content (AvgIpc) is 3.45. The van der Waals surface area contributed by atoms with E-state index in [2.05, 4.69) is 16.6 Å². The Balaban J connectivity index is 1.39. The van der Waals surface area contributed by atoms with Crippen LogP contribution in [0.4, 0.5) is 0 Å². The van der Waals surface area contributed by atoms with Gasteiger partial charge in [0.05, 0.1) is 12.6 Å². The molecule has 0 radical (unpaired) electrons. The summed E-state index contributed by atoms with van der Waals surface area (Å²) >= 11 is 0. The summed E-state index contributed by atoms with van der Waals surface area (Å²) in [6.45, 7) is 6.96. The van der Waals surface area contributed by atoms with Gasteiger partial charge >= 0.3 is 0 Å². The third kappa shape index (κ3) is 2.86. The molecule has 1 fully saturated rings. The van der Waals surface area contributed by atoms with E-state index in [-0.39, 0.29) is 18.7 Å². The molecule has 7 heteroatoms. The Kier molecular flexibility index (Phi) is 4.31. The summed E-state index contributed by atoms with van der Waals surface area (Å²) in [5.74, 6) is 2.51. The lowest BCUT2D eigenvalue weighted by Gasteiger charge is -2.31. The van der Waals surface area contributed by atoms with Crippen LogP contribution in [-0.4, -0.2) is 53.3 Å². The van der Waals surface area contributed by atoms with E-state index in [0.29, 0.717) is 25.3 Å². The molecule has 4 heterocycles. The number of aromatic nitrogens is 1. The van der Waals surface area contributed by atoms with E-state index >= 15 is 0 Å². The van der Waals surface area contributed by atoms with Gasteiger partial charge < -0.3 is 18.9 Å². The van der Waals surface area contributed by atoms with Gasteiger partial charge in [-0.15, -0.1) is 6.58 Å². The van der Waals surface area contributed by atoms with Crippen molar-refractivity contribution in [1.29, 1.82) is 0 Å². The molecule has 0 N–H and O–H groups in total. The second-order valence-electron chi connectivity index (χ2n) is 7.45. The molecule has 1 aromatic carbocycles. The van der Waals surface area contributed by atoms with Gasteiger partial charge in [-0.1, -0.05) is 11.2 Å². The fraction of sp³-hybridized carbons (Fsp3) is 0.429. The molecule has 7 nitrogen and oxygen atoms in total. The second-order valence-corrected chi connectivity index (χ2v) is 7.45. The van der Waals surface area contributed by atoms with Gasteiger partial charge in [0.2, 0.25) is 12.7 Å². The molecule has 28 heavy (non-hydrogen) atoms. The highest BCUT2D eigenvalue weighted by Gasteiger charge is 2.36. The monoisotopic (exact) mass is 381 g/mol. The van der Waals surface area contributed by atoms with Crippen molar-refractivity contribution in [3.05, 3.63) is 42.2 Å². The van der Waals surface area contributed by atoms with Gasteiger partial charge in [-0.25, -0.2) is 0 Å². The van der Waals surface area contributed by atoms with E-state index in [1.165, 1.54) is 0 Å². The maximum atomic E-state index is 13.2. The number of hydrogen-bond acceptors (Lipinski definition) is 6. The Hall–Kier alpha value is -2.80. The third-order valence-electron chi connectivity index (χ3n) is 5.80. The topological polar surface area (TPSA) is 68.0 Å². The van der Waals surface area contributed by atoms with Gasteiger partial charge in [0.25, 0.3) is 0 Å². The van der Waals surface area contributed by atoms with Crippen LogP contribution in [0.2, 0.25) is 0 Å². The normalized spacial score (nSPS) is 21.0. The summed E-state index contributed by atoms with van der Waals surface area (Å²) in [4.78, 5) is 17.3. The number of carbonyl (C=O) groups is 1. The van der Waals surface area contributed by atoms with Crippen molar-refractivity contribution in [2.45, 2.75) is 31.8 Å². The van der Waals surface area contributed by atoms with Crippen LogP contribution in [0.5, 0.6) is 11.5 Å². The van der Waals surface area contributed by atoms with Crippen LogP contribution in [0, 0.1) is 0 Å². The van der Waals surface area contributed by atoms with Crippen LogP contribution in [-0.2, 0) is 17.8 Å². The molecule has 3 aliphatic heterocycles. The van der Waals surface area contributed by atoms with Gasteiger partial charge in [-0.05, 0) is 37.6 Å². The van der Waals surface area contributed by atoms with Gasteiger partial charge in [0, 0.05) is 30.6 Å². The maximum Gasteiger partial charge on any atom is 0.240 e. The van der Waals surface area contributed by atoms with Crippen molar-refractivity contribution in [1.82, 2.24) is 15.0 Å². The van der Waals surface area contributed by atoms with Crippen LogP contribution >= 0.6 is 0 Å². The number of nitrogens with zero attached hydrogens (tertiary/aromatic N) is 3. The third-order valence-corrected chi connectivity index (χ3v) is 5.80. The lowest BCUT2D eigenvalue weighted by molar-refractivity contribution is -0.136. The average molecular weight is 381 g/mol. The van der Waals surface area contributed by atoms with Crippen LogP contribution in [0.15, 0.2) is 35.4 Å². The largest absolute Gasteiger partial charge is 0.454 e. The number of carbonyl (C=O) groups excluding carboxylic acids is 1. The molecule has 1 aromatic heterocycles. The number of benzene rings is 1. The number of fused-ring (bicyclic) bond motifs is 2. The Morgan fingerprint density at radius 1 is 1.29 bits per heavy atom. The number of likely N-dealkylation sites (tertiary alicyclic amines) is 1. The Labute approximate surface area is 163 Å². The maximum absolute atomic E-state index is 13.2. The molecule has 0 spiro atoms. The molecule has 3 aliphatic rings. The summed E-state index contributed by atoms with van der Waals surface area (Å²) in [6.07, 6.45) is 4.53. The molecule has 1 atom stereocenters. The minimum atomic E-state index is -0.0478. The fourth-order valence-electron chi connectivity index (χ4n) is 4.37. The van der Waals surface area contributed by atoms with Gasteiger partial charge in [-0.2, -0.15) is 0 Å². The lowest BCUT2D eigenvalue weighted by Crippen LogP contribution is -2.47. The first-order valence-corrected chi connectivity index (χ1v) is 9.76. The second kappa shape index (κ2) is 6.98. The van der Waals surface area contributed by atoms with E-state index in [1.54, 1.807) is 0 Å². The van der Waals surface area contributed by atoms with E-state index < -0.39 is 0 Å². The zero-order valence-electron chi connectivity index (χ0n) is 15.7. The highest BCUT2D eigenvalue weighted by Crippen LogP contribution is 2.38. The number of ether oxygens (including phenoxy) is 2. The molecule has 1 saturated heterocycles. The summed E-state index contributed by atoms with van der Waals surface area (Å²) in [6, 6.07) is 5.71. The molecule has 2 aromatic rings. The summed E-state index contributed by atoms with van der Waals surface area (Å²) in [5.41, 5.74) is 2.68. The fourth-order valence-corrected chi connectivity index (χ4v) is 4.37. The van der Waals surface area contributed by atoms with Crippen molar-refractivity contribution in [2.75, 3.05) is 26.4 Å². The van der Waals surface area contributed by atoms with Crippen molar-refractivity contribution in [2.24, 2.45) is 0 Å². The predicted octanol–water partition coefficient (Wildman–Crippen LogP) is 2.61. The molecular formula is C21H23N3O4. The zero-order chi connectivity index (χ0) is 19.1. The number of amides is 1. The quantitative estimate of drug-likeness (QED) is 0.759. The van der Waals surface area contributed by atoms with Crippen molar-refractivity contribution in [3.8, 4) is 22.8 Å². The summed E-state index contributed by atoms with van der Waals surface area (Å²) in [7, 11) is 0. The van der Waals surface area contributed by atoms with Crippen molar-refractivity contribution >= 4 is 5.91 Å². The SMILES string of the molecule is C=CCN1CCC[C@@H]1C(=O)N1CCc2onc(-c3ccc4c(c3)OCO4)c2C1. The van der Waals surface area contributed by atoms with Crippen molar-refractivity contribution < 1.29 is 18.8 Å². The van der Waals surface area contributed by atoms with E-state index in [9.17, 15) is 4.79 Å². The molecule has 0 bridgehead atoms. The lowest BCUT2D eigenvalue weighted by atomic mass is 10.00. The minimum Gasteiger partial charge on any atom is -0.454 e. The molecular weight excluding hydrogens is 358 g/mol.